The molecule has 0 bridgehead atoms. The smallest absolute Gasteiger partial charge is 0.442 e. The van der Waals surface area contributed by atoms with E-state index >= 15 is 0 Å². The summed E-state index contributed by atoms with van der Waals surface area (Å²) >= 11 is -0.515. The van der Waals surface area contributed by atoms with Crippen molar-refractivity contribution in [2.75, 3.05) is 19.0 Å². The van der Waals surface area contributed by atoms with Gasteiger partial charge in [-0.15, -0.1) is 0 Å². The van der Waals surface area contributed by atoms with E-state index in [2.05, 4.69) is 10.1 Å². The van der Waals surface area contributed by atoms with Gasteiger partial charge in [0.05, 0.1) is 19.0 Å². The van der Waals surface area contributed by atoms with Crippen molar-refractivity contribution in [2.24, 2.45) is 0 Å². The van der Waals surface area contributed by atoms with Crippen LogP contribution in [-0.2, 0) is 23.9 Å². The lowest BCUT2D eigenvalue weighted by atomic mass is 10.1. The lowest BCUT2D eigenvalue weighted by Gasteiger charge is -2.17. The van der Waals surface area contributed by atoms with E-state index in [4.69, 9.17) is 4.74 Å². The van der Waals surface area contributed by atoms with E-state index in [1.165, 1.54) is 0 Å². The third-order valence-electron chi connectivity index (χ3n) is 2.22. The summed E-state index contributed by atoms with van der Waals surface area (Å²) in [6.45, 7) is 3.36. The van der Waals surface area contributed by atoms with Gasteiger partial charge >= 0.3 is 17.4 Å². The molecule has 0 saturated carbocycles. The van der Waals surface area contributed by atoms with Gasteiger partial charge in [-0.1, -0.05) is 0 Å². The Morgan fingerprint density at radius 1 is 1.14 bits per heavy atom. The molecule has 0 aliphatic heterocycles. The van der Waals surface area contributed by atoms with Gasteiger partial charge in [-0.25, -0.2) is 4.79 Å². The number of carbonyl (C=O) groups is 3. The third-order valence-corrected chi connectivity index (χ3v) is 2.95. The molecule has 1 amide bonds. The van der Waals surface area contributed by atoms with Gasteiger partial charge < -0.3 is 14.8 Å². The van der Waals surface area contributed by atoms with Gasteiger partial charge in [-0.3, -0.25) is 9.59 Å². The summed E-state index contributed by atoms with van der Waals surface area (Å²) in [5.41, 5.74) is -4.54. The quantitative estimate of drug-likeness (QED) is 0.640. The molecule has 128 valence electrons. The summed E-state index contributed by atoms with van der Waals surface area (Å²) < 4.78 is 45.4. The number of carbonyl (C=O) groups excluding carboxylic acids is 3. The van der Waals surface area contributed by atoms with Crippen molar-refractivity contribution in [1.82, 2.24) is 5.32 Å². The molecule has 0 unspecified atom stereocenters. The Morgan fingerprint density at radius 2 is 1.73 bits per heavy atom. The van der Waals surface area contributed by atoms with Gasteiger partial charge in [-0.2, -0.15) is 13.2 Å². The van der Waals surface area contributed by atoms with E-state index in [-0.39, 0.29) is 26.1 Å². The first-order valence-corrected chi connectivity index (χ1v) is 7.50. The number of hydrogen-bond acceptors (Lipinski definition) is 6. The van der Waals surface area contributed by atoms with Crippen LogP contribution in [0.25, 0.3) is 0 Å². The predicted octanol–water partition coefficient (Wildman–Crippen LogP) is 1.63. The van der Waals surface area contributed by atoms with Crippen LogP contribution in [0, 0.1) is 0 Å². The minimum atomic E-state index is -4.54. The van der Waals surface area contributed by atoms with Crippen molar-refractivity contribution < 1.29 is 37.0 Å². The fourth-order valence-electron chi connectivity index (χ4n) is 1.37. The fraction of sp³-hybridized carbons (Fsp3) is 0.750. The second-order valence-electron chi connectivity index (χ2n) is 3.95. The molecule has 0 radical (unpaired) electrons. The summed E-state index contributed by atoms with van der Waals surface area (Å²) in [7, 11) is 0. The number of hydrogen-bond donors (Lipinski definition) is 1. The standard InChI is InChI=1S/C12H18F3NO5S/c1-3-20-10(18)6-5-8(11(19)21-4-2)16-9(17)7-22-12(13,14)15/h8H,3-7H2,1-2H3,(H,16,17)/t8-/m1/s1. The van der Waals surface area contributed by atoms with Crippen LogP contribution in [0.2, 0.25) is 0 Å². The highest BCUT2D eigenvalue weighted by Crippen LogP contribution is 2.29. The van der Waals surface area contributed by atoms with E-state index in [0.29, 0.717) is 0 Å². The van der Waals surface area contributed by atoms with Crippen molar-refractivity contribution in [3.05, 3.63) is 0 Å². The van der Waals surface area contributed by atoms with Crippen LogP contribution >= 0.6 is 11.8 Å². The fourth-order valence-corrected chi connectivity index (χ4v) is 1.75. The van der Waals surface area contributed by atoms with E-state index in [0.717, 1.165) is 0 Å². The lowest BCUT2D eigenvalue weighted by Crippen LogP contribution is -2.43. The Hall–Kier alpha value is -1.45. The highest BCUT2D eigenvalue weighted by Gasteiger charge is 2.30. The van der Waals surface area contributed by atoms with Crippen molar-refractivity contribution >= 4 is 29.6 Å². The molecule has 0 fully saturated rings. The topological polar surface area (TPSA) is 81.7 Å². The van der Waals surface area contributed by atoms with E-state index in [9.17, 15) is 27.6 Å². The zero-order valence-electron chi connectivity index (χ0n) is 12.2. The number of alkyl halides is 3. The van der Waals surface area contributed by atoms with Crippen molar-refractivity contribution in [1.29, 1.82) is 0 Å². The van der Waals surface area contributed by atoms with Gasteiger partial charge in [-0.05, 0) is 32.0 Å². The molecule has 6 nitrogen and oxygen atoms in total. The average molecular weight is 345 g/mol. The molecular formula is C12H18F3NO5S. The molecule has 1 atom stereocenters. The van der Waals surface area contributed by atoms with Gasteiger partial charge in [0.2, 0.25) is 5.91 Å². The molecule has 0 aromatic rings. The number of thioether (sulfide) groups is 1. The number of ether oxygens (including phenoxy) is 2. The Labute approximate surface area is 130 Å². The molecule has 0 heterocycles. The van der Waals surface area contributed by atoms with Gasteiger partial charge in [0.1, 0.15) is 6.04 Å². The van der Waals surface area contributed by atoms with Crippen LogP contribution in [0.1, 0.15) is 26.7 Å². The molecule has 0 rings (SSSR count). The van der Waals surface area contributed by atoms with Crippen molar-refractivity contribution in [3.8, 4) is 0 Å². The number of esters is 2. The Morgan fingerprint density at radius 3 is 2.23 bits per heavy atom. The van der Waals surface area contributed by atoms with Crippen LogP contribution in [-0.4, -0.2) is 48.4 Å². The maximum atomic E-state index is 12.0. The zero-order valence-corrected chi connectivity index (χ0v) is 13.0. The third kappa shape index (κ3) is 10.3. The van der Waals surface area contributed by atoms with Gasteiger partial charge in [0.15, 0.2) is 0 Å². The summed E-state index contributed by atoms with van der Waals surface area (Å²) in [4.78, 5) is 34.3. The molecule has 1 N–H and O–H groups in total. The maximum Gasteiger partial charge on any atom is 0.442 e. The SMILES string of the molecule is CCOC(=O)CC[C@@H](NC(=O)CSC(F)(F)F)C(=O)OCC. The second-order valence-corrected chi connectivity index (χ2v) is 4.99. The van der Waals surface area contributed by atoms with Gasteiger partial charge in [0.25, 0.3) is 0 Å². The molecule has 10 heteroatoms. The minimum absolute atomic E-state index is 0.0436. The summed E-state index contributed by atoms with van der Waals surface area (Å²) in [5.74, 6) is -3.23. The first kappa shape index (κ1) is 20.6. The molecule has 0 spiro atoms. The normalized spacial score (nSPS) is 12.4. The number of amides is 1. The monoisotopic (exact) mass is 345 g/mol. The summed E-state index contributed by atoms with van der Waals surface area (Å²) in [6, 6.07) is -1.19. The largest absolute Gasteiger partial charge is 0.466 e. The second kappa shape index (κ2) is 10.3. The van der Waals surface area contributed by atoms with E-state index in [1.807, 2.05) is 0 Å². The predicted molar refractivity (Wildman–Crippen MR) is 72.9 cm³/mol. The van der Waals surface area contributed by atoms with Crippen LogP contribution in [0.4, 0.5) is 13.2 Å². The minimum Gasteiger partial charge on any atom is -0.466 e. The summed E-state index contributed by atoms with van der Waals surface area (Å²) in [5, 5.41) is 2.13. The van der Waals surface area contributed by atoms with Crippen LogP contribution in [0.3, 0.4) is 0 Å². The van der Waals surface area contributed by atoms with Crippen LogP contribution < -0.4 is 5.32 Å². The lowest BCUT2D eigenvalue weighted by molar-refractivity contribution is -0.148. The highest BCUT2D eigenvalue weighted by atomic mass is 32.2. The number of halogens is 3. The van der Waals surface area contributed by atoms with E-state index < -0.39 is 46.9 Å². The molecule has 0 aromatic heterocycles. The molecule has 0 aliphatic rings. The zero-order chi connectivity index (χ0) is 17.2. The summed E-state index contributed by atoms with van der Waals surface area (Å²) in [6.07, 6.45) is -0.274. The molecular weight excluding hydrogens is 327 g/mol. The Balaban J connectivity index is 4.49. The van der Waals surface area contributed by atoms with Crippen molar-refractivity contribution in [2.45, 2.75) is 38.2 Å². The molecule has 0 saturated heterocycles. The molecule has 0 aliphatic carbocycles. The van der Waals surface area contributed by atoms with Crippen LogP contribution in [0.5, 0.6) is 0 Å². The number of rotatable bonds is 9. The molecule has 0 aromatic carbocycles. The number of nitrogens with one attached hydrogen (secondary N) is 1. The maximum absolute atomic E-state index is 12.0. The van der Waals surface area contributed by atoms with E-state index in [1.54, 1.807) is 13.8 Å². The Kier molecular flexibility index (Phi) is 9.63. The highest BCUT2D eigenvalue weighted by molar-refractivity contribution is 8.00. The van der Waals surface area contributed by atoms with Gasteiger partial charge in [0, 0.05) is 6.42 Å². The first-order chi connectivity index (χ1) is 10.2. The Bertz CT molecular complexity index is 389. The molecule has 22 heavy (non-hydrogen) atoms. The average Bonchev–Trinajstić information content (AvgIpc) is 2.41. The van der Waals surface area contributed by atoms with Crippen molar-refractivity contribution in [3.63, 3.8) is 0 Å². The first-order valence-electron chi connectivity index (χ1n) is 6.51. The van der Waals surface area contributed by atoms with Crippen LogP contribution in [0.15, 0.2) is 0 Å².